The quantitative estimate of drug-likeness (QED) is 0.231. The van der Waals surface area contributed by atoms with Gasteiger partial charge in [0.1, 0.15) is 11.9 Å². The van der Waals surface area contributed by atoms with E-state index in [1.165, 1.54) is 0 Å². The molecule has 1 atom stereocenters. The minimum atomic E-state index is 0. The van der Waals surface area contributed by atoms with Gasteiger partial charge in [-0.2, -0.15) is 0 Å². The molecule has 1 aromatic carbocycles. The number of halogens is 1. The van der Waals surface area contributed by atoms with Gasteiger partial charge in [0.15, 0.2) is 5.96 Å². The summed E-state index contributed by atoms with van der Waals surface area (Å²) < 4.78 is 6.12. The fourth-order valence-electron chi connectivity index (χ4n) is 4.43. The molecule has 0 aromatic heterocycles. The van der Waals surface area contributed by atoms with Crippen molar-refractivity contribution in [1.29, 1.82) is 0 Å². The van der Waals surface area contributed by atoms with Crippen molar-refractivity contribution in [1.82, 2.24) is 20.0 Å². The summed E-state index contributed by atoms with van der Waals surface area (Å²) in [7, 11) is 3.69. The lowest BCUT2D eigenvalue weighted by molar-refractivity contribution is -0.133. The van der Waals surface area contributed by atoms with Crippen LogP contribution in [0.15, 0.2) is 35.3 Å². The second-order valence-electron chi connectivity index (χ2n) is 8.63. The number of rotatable bonds is 8. The molecule has 0 saturated carbocycles. The summed E-state index contributed by atoms with van der Waals surface area (Å²) >= 11 is 0. The Kier molecular flexibility index (Phi) is 11.6. The molecule has 180 valence electrons. The monoisotopic (exact) mass is 557 g/mol. The summed E-state index contributed by atoms with van der Waals surface area (Å²) in [6.07, 6.45) is 5.32. The molecule has 0 radical (unpaired) electrons. The van der Waals surface area contributed by atoms with E-state index in [1.807, 2.05) is 44.4 Å². The van der Waals surface area contributed by atoms with Crippen molar-refractivity contribution >= 4 is 35.8 Å². The number of likely N-dealkylation sites (N-methyl/N-ethyl adjacent to an activating group) is 1. The van der Waals surface area contributed by atoms with Crippen molar-refractivity contribution in [3.63, 3.8) is 0 Å². The van der Waals surface area contributed by atoms with E-state index in [9.17, 15) is 4.79 Å². The molecule has 7 nitrogen and oxygen atoms in total. The predicted octanol–water partition coefficient (Wildman–Crippen LogP) is 3.06. The van der Waals surface area contributed by atoms with Crippen LogP contribution in [0.1, 0.15) is 39.0 Å². The van der Waals surface area contributed by atoms with Gasteiger partial charge in [0.25, 0.3) is 0 Å². The Bertz CT molecular complexity index is 708. The first-order chi connectivity index (χ1) is 15.1. The molecule has 1 N–H and O–H groups in total. The van der Waals surface area contributed by atoms with Gasteiger partial charge in [0.05, 0.1) is 6.04 Å². The Morgan fingerprint density at radius 1 is 1.16 bits per heavy atom. The Morgan fingerprint density at radius 3 is 2.53 bits per heavy atom. The van der Waals surface area contributed by atoms with Crippen LogP contribution in [0.25, 0.3) is 0 Å². The van der Waals surface area contributed by atoms with Crippen LogP contribution in [-0.2, 0) is 4.79 Å². The third kappa shape index (κ3) is 7.79. The maximum atomic E-state index is 12.4. The van der Waals surface area contributed by atoms with Crippen molar-refractivity contribution in [3.8, 4) is 5.75 Å². The van der Waals surface area contributed by atoms with Crippen LogP contribution in [-0.4, -0.2) is 92.1 Å². The van der Waals surface area contributed by atoms with E-state index in [0.29, 0.717) is 0 Å². The maximum absolute atomic E-state index is 12.4. The first-order valence-electron chi connectivity index (χ1n) is 11.8. The number of piperidine rings is 1. The van der Waals surface area contributed by atoms with E-state index < -0.39 is 0 Å². The fraction of sp³-hybridized carbons (Fsp3) is 0.667. The smallest absolute Gasteiger partial charge is 0.239 e. The number of guanidine groups is 1. The van der Waals surface area contributed by atoms with Crippen molar-refractivity contribution < 1.29 is 9.53 Å². The van der Waals surface area contributed by atoms with Gasteiger partial charge in [-0.05, 0) is 44.9 Å². The van der Waals surface area contributed by atoms with E-state index >= 15 is 0 Å². The number of aliphatic imine (C=N–C) groups is 1. The number of benzene rings is 1. The Balaban J connectivity index is 0.00000363. The number of ether oxygens (including phenoxy) is 1. The summed E-state index contributed by atoms with van der Waals surface area (Å²) in [6.45, 7) is 7.61. The zero-order valence-corrected chi connectivity index (χ0v) is 22.2. The second-order valence-corrected chi connectivity index (χ2v) is 8.63. The standard InChI is InChI=1S/C24H39N5O2.HI/c1-4-25-24(26-15-9-17-28-16-8-12-22(28)23(30)27(2)3)29-18-13-21(14-19-29)31-20-10-6-5-7-11-20;/h5-7,10-11,21-22H,4,8-9,12-19H2,1-3H3,(H,25,26);1H. The average molecular weight is 558 g/mol. The van der Waals surface area contributed by atoms with Crippen molar-refractivity contribution in [2.45, 2.75) is 51.2 Å². The largest absolute Gasteiger partial charge is 0.490 e. The van der Waals surface area contributed by atoms with Gasteiger partial charge in [0, 0.05) is 59.7 Å². The summed E-state index contributed by atoms with van der Waals surface area (Å²) in [4.78, 5) is 23.6. The molecule has 0 aliphatic carbocycles. The summed E-state index contributed by atoms with van der Waals surface area (Å²) in [6, 6.07) is 10.1. The maximum Gasteiger partial charge on any atom is 0.239 e. The van der Waals surface area contributed by atoms with Crippen LogP contribution in [0.4, 0.5) is 0 Å². The molecule has 2 heterocycles. The topological polar surface area (TPSA) is 60.4 Å². The lowest BCUT2D eigenvalue weighted by Gasteiger charge is -2.34. The number of nitrogens with one attached hydrogen (secondary N) is 1. The van der Waals surface area contributed by atoms with Crippen LogP contribution in [0.5, 0.6) is 5.75 Å². The van der Waals surface area contributed by atoms with Gasteiger partial charge >= 0.3 is 0 Å². The zero-order chi connectivity index (χ0) is 22.1. The number of hydrogen-bond acceptors (Lipinski definition) is 4. The number of para-hydroxylation sites is 1. The number of carbonyl (C=O) groups is 1. The number of likely N-dealkylation sites (tertiary alicyclic amines) is 2. The molecule has 2 aliphatic heterocycles. The highest BCUT2D eigenvalue weighted by Crippen LogP contribution is 2.20. The minimum absolute atomic E-state index is 0. The first kappa shape index (κ1) is 26.7. The highest BCUT2D eigenvalue weighted by atomic mass is 127. The minimum Gasteiger partial charge on any atom is -0.490 e. The van der Waals surface area contributed by atoms with Crippen molar-refractivity contribution in [3.05, 3.63) is 30.3 Å². The van der Waals surface area contributed by atoms with Crippen LogP contribution in [0.2, 0.25) is 0 Å². The average Bonchev–Trinajstić information content (AvgIpc) is 3.25. The summed E-state index contributed by atoms with van der Waals surface area (Å²) in [5.74, 6) is 2.19. The van der Waals surface area contributed by atoms with E-state index in [2.05, 4.69) is 22.0 Å². The Morgan fingerprint density at radius 2 is 1.88 bits per heavy atom. The van der Waals surface area contributed by atoms with Gasteiger partial charge in [-0.3, -0.25) is 14.7 Å². The van der Waals surface area contributed by atoms with Crippen LogP contribution >= 0.6 is 24.0 Å². The van der Waals surface area contributed by atoms with E-state index in [4.69, 9.17) is 9.73 Å². The van der Waals surface area contributed by atoms with E-state index in [0.717, 1.165) is 83.1 Å². The zero-order valence-electron chi connectivity index (χ0n) is 19.8. The highest BCUT2D eigenvalue weighted by molar-refractivity contribution is 14.0. The summed E-state index contributed by atoms with van der Waals surface area (Å²) in [5.41, 5.74) is 0. The number of nitrogens with zero attached hydrogens (tertiary/aromatic N) is 4. The molecule has 8 heteroatoms. The van der Waals surface area contributed by atoms with E-state index in [1.54, 1.807) is 4.90 Å². The van der Waals surface area contributed by atoms with Crippen LogP contribution < -0.4 is 10.1 Å². The molecular weight excluding hydrogens is 517 g/mol. The lowest BCUT2D eigenvalue weighted by atomic mass is 10.1. The third-order valence-corrected chi connectivity index (χ3v) is 6.08. The highest BCUT2D eigenvalue weighted by Gasteiger charge is 2.31. The number of carbonyl (C=O) groups excluding carboxylic acids is 1. The molecule has 3 rings (SSSR count). The SMILES string of the molecule is CCNC(=NCCCN1CCCC1C(=O)N(C)C)N1CCC(Oc2ccccc2)CC1.I. The van der Waals surface area contributed by atoms with E-state index in [-0.39, 0.29) is 42.0 Å². The molecule has 32 heavy (non-hydrogen) atoms. The molecule has 1 unspecified atom stereocenters. The molecular formula is C24H40IN5O2. The van der Waals surface area contributed by atoms with Gasteiger partial charge in [-0.15, -0.1) is 24.0 Å². The normalized spacial score (nSPS) is 20.0. The lowest BCUT2D eigenvalue weighted by Crippen LogP contribution is -2.47. The molecule has 1 aromatic rings. The van der Waals surface area contributed by atoms with Crippen molar-refractivity contribution in [2.24, 2.45) is 4.99 Å². The number of amides is 1. The Labute approximate surface area is 210 Å². The molecule has 2 aliphatic rings. The first-order valence-corrected chi connectivity index (χ1v) is 11.8. The fourth-order valence-corrected chi connectivity index (χ4v) is 4.43. The predicted molar refractivity (Wildman–Crippen MR) is 141 cm³/mol. The molecule has 2 fully saturated rings. The Hall–Kier alpha value is -1.55. The molecule has 0 bridgehead atoms. The molecule has 0 spiro atoms. The van der Waals surface area contributed by atoms with Crippen molar-refractivity contribution in [2.75, 3.05) is 53.4 Å². The van der Waals surface area contributed by atoms with Crippen LogP contribution in [0.3, 0.4) is 0 Å². The van der Waals surface area contributed by atoms with Gasteiger partial charge in [0.2, 0.25) is 5.91 Å². The molecule has 2 saturated heterocycles. The van der Waals surface area contributed by atoms with Gasteiger partial charge < -0.3 is 19.9 Å². The van der Waals surface area contributed by atoms with Gasteiger partial charge in [-0.25, -0.2) is 0 Å². The van der Waals surface area contributed by atoms with Gasteiger partial charge in [-0.1, -0.05) is 18.2 Å². The summed E-state index contributed by atoms with van der Waals surface area (Å²) in [5, 5.41) is 3.45. The third-order valence-electron chi connectivity index (χ3n) is 6.08. The second kappa shape index (κ2) is 13.9. The number of hydrogen-bond donors (Lipinski definition) is 1. The van der Waals surface area contributed by atoms with Crippen LogP contribution in [0, 0.1) is 0 Å². The molecule has 1 amide bonds.